The molecular formula is C7H9ClN2O. The van der Waals surface area contributed by atoms with Crippen LogP contribution in [0.5, 0.6) is 0 Å². The van der Waals surface area contributed by atoms with Gasteiger partial charge in [-0.05, 0) is 6.42 Å². The van der Waals surface area contributed by atoms with Gasteiger partial charge in [0.25, 0.3) is 0 Å². The van der Waals surface area contributed by atoms with E-state index >= 15 is 0 Å². The molecule has 1 aromatic rings. The summed E-state index contributed by atoms with van der Waals surface area (Å²) in [5.74, 6) is 0. The lowest BCUT2D eigenvalue weighted by Gasteiger charge is -1.95. The van der Waals surface area contributed by atoms with Crippen molar-refractivity contribution >= 4 is 17.9 Å². The molecule has 1 heterocycles. The molecule has 0 saturated heterocycles. The van der Waals surface area contributed by atoms with Gasteiger partial charge in [-0.1, -0.05) is 18.5 Å². The van der Waals surface area contributed by atoms with Gasteiger partial charge in [-0.3, -0.25) is 0 Å². The van der Waals surface area contributed by atoms with Crippen LogP contribution in [0.1, 0.15) is 12.5 Å². The van der Waals surface area contributed by atoms with Crippen molar-refractivity contribution in [2.24, 2.45) is 0 Å². The number of hydrogen-bond donors (Lipinski definition) is 0. The number of aromatic nitrogens is 2. The first-order chi connectivity index (χ1) is 5.29. The van der Waals surface area contributed by atoms with Crippen LogP contribution in [0.3, 0.4) is 0 Å². The largest absolute Gasteiger partial charge is 0.301 e. The second-order valence-electron chi connectivity index (χ2n) is 2.16. The Balaban J connectivity index is 2.90. The maximum absolute atomic E-state index is 10.1. The molecule has 0 aliphatic carbocycles. The van der Waals surface area contributed by atoms with E-state index in [1.54, 1.807) is 6.20 Å². The number of carbonyl (C=O) groups excluding carboxylic acids is 1. The first-order valence-electron chi connectivity index (χ1n) is 3.43. The molecule has 0 spiro atoms. The fourth-order valence-corrected chi connectivity index (χ4v) is 1.14. The molecule has 0 bridgehead atoms. The van der Waals surface area contributed by atoms with Gasteiger partial charge in [0.2, 0.25) is 0 Å². The van der Waals surface area contributed by atoms with Crippen LogP contribution >= 0.6 is 11.6 Å². The van der Waals surface area contributed by atoms with Crippen molar-refractivity contribution < 1.29 is 4.79 Å². The predicted octanol–water partition coefficient (Wildman–Crippen LogP) is 1.30. The number of halogens is 1. The smallest absolute Gasteiger partial charge is 0.141 e. The molecule has 0 saturated carbocycles. The van der Waals surface area contributed by atoms with Crippen LogP contribution in [0.2, 0.25) is 5.15 Å². The molecule has 60 valence electrons. The lowest BCUT2D eigenvalue weighted by atomic mass is 10.3. The van der Waals surface area contributed by atoms with E-state index in [0.717, 1.165) is 18.3 Å². The minimum Gasteiger partial charge on any atom is -0.301 e. The lowest BCUT2D eigenvalue weighted by Crippen LogP contribution is -2.00. The summed E-state index contributed by atoms with van der Waals surface area (Å²) in [5.41, 5.74) is 0.980. The van der Waals surface area contributed by atoms with E-state index < -0.39 is 0 Å². The molecule has 0 aromatic carbocycles. The van der Waals surface area contributed by atoms with Gasteiger partial charge in [0.05, 0.1) is 12.7 Å². The molecule has 0 amide bonds. The molecule has 0 fully saturated rings. The molecule has 0 N–H and O–H groups in total. The summed E-state index contributed by atoms with van der Waals surface area (Å²) < 4.78 is 1.48. The molecule has 3 nitrogen and oxygen atoms in total. The third-order valence-electron chi connectivity index (χ3n) is 1.47. The highest BCUT2D eigenvalue weighted by molar-refractivity contribution is 6.30. The molecule has 1 aromatic heterocycles. The van der Waals surface area contributed by atoms with E-state index in [9.17, 15) is 4.79 Å². The Morgan fingerprint density at radius 1 is 1.82 bits per heavy atom. The Kier molecular flexibility index (Phi) is 2.65. The van der Waals surface area contributed by atoms with Crippen LogP contribution < -0.4 is 0 Å². The second kappa shape index (κ2) is 3.53. The van der Waals surface area contributed by atoms with E-state index in [0.29, 0.717) is 5.15 Å². The Morgan fingerprint density at radius 2 is 2.55 bits per heavy atom. The lowest BCUT2D eigenvalue weighted by molar-refractivity contribution is -0.108. The van der Waals surface area contributed by atoms with Crippen molar-refractivity contribution in [3.05, 3.63) is 16.9 Å². The molecule has 11 heavy (non-hydrogen) atoms. The van der Waals surface area contributed by atoms with Crippen molar-refractivity contribution in [2.75, 3.05) is 0 Å². The molecular weight excluding hydrogens is 164 g/mol. The van der Waals surface area contributed by atoms with Gasteiger partial charge in [0.1, 0.15) is 11.4 Å². The molecule has 4 heteroatoms. The highest BCUT2D eigenvalue weighted by Gasteiger charge is 2.04. The maximum Gasteiger partial charge on any atom is 0.141 e. The molecule has 0 unspecified atom stereocenters. The van der Waals surface area contributed by atoms with Gasteiger partial charge >= 0.3 is 0 Å². The summed E-state index contributed by atoms with van der Waals surface area (Å²) in [6.07, 6.45) is 3.31. The summed E-state index contributed by atoms with van der Waals surface area (Å²) >= 11 is 5.84. The number of nitrogens with zero attached hydrogens (tertiary/aromatic N) is 2. The van der Waals surface area contributed by atoms with Crippen LogP contribution in [0.25, 0.3) is 0 Å². The third kappa shape index (κ3) is 1.60. The van der Waals surface area contributed by atoms with Crippen LogP contribution in [0.4, 0.5) is 0 Å². The summed E-state index contributed by atoms with van der Waals surface area (Å²) in [7, 11) is 0. The van der Waals surface area contributed by atoms with E-state index in [-0.39, 0.29) is 6.54 Å². The molecule has 0 radical (unpaired) electrons. The van der Waals surface area contributed by atoms with Gasteiger partial charge in [-0.15, -0.1) is 0 Å². The van der Waals surface area contributed by atoms with Crippen LogP contribution in [-0.4, -0.2) is 16.1 Å². The Labute approximate surface area is 70.0 Å². The number of rotatable bonds is 3. The Morgan fingerprint density at radius 3 is 3.00 bits per heavy atom. The zero-order valence-corrected chi connectivity index (χ0v) is 7.01. The van der Waals surface area contributed by atoms with E-state index in [1.807, 2.05) is 6.92 Å². The Hall–Kier alpha value is -0.830. The van der Waals surface area contributed by atoms with Gasteiger partial charge < -0.3 is 4.79 Å². The molecule has 0 atom stereocenters. The Bertz CT molecular complexity index is 257. The molecule has 0 aliphatic rings. The zero-order chi connectivity index (χ0) is 8.27. The maximum atomic E-state index is 10.1. The average molecular weight is 173 g/mol. The van der Waals surface area contributed by atoms with Crippen molar-refractivity contribution in [3.63, 3.8) is 0 Å². The highest BCUT2D eigenvalue weighted by atomic mass is 35.5. The minimum absolute atomic E-state index is 0.235. The van der Waals surface area contributed by atoms with Gasteiger partial charge in [0, 0.05) is 5.56 Å². The van der Waals surface area contributed by atoms with Crippen molar-refractivity contribution in [1.82, 2.24) is 9.78 Å². The summed E-state index contributed by atoms with van der Waals surface area (Å²) in [4.78, 5) is 10.1. The van der Waals surface area contributed by atoms with Gasteiger partial charge in [-0.25, -0.2) is 4.68 Å². The second-order valence-corrected chi connectivity index (χ2v) is 2.52. The fourth-order valence-electron chi connectivity index (χ4n) is 0.844. The SMILES string of the molecule is CCc1cnn(CC=O)c1Cl. The molecule has 0 aliphatic heterocycles. The van der Waals surface area contributed by atoms with Crippen molar-refractivity contribution in [3.8, 4) is 0 Å². The fraction of sp³-hybridized carbons (Fsp3) is 0.429. The van der Waals surface area contributed by atoms with E-state index in [4.69, 9.17) is 11.6 Å². The van der Waals surface area contributed by atoms with Crippen LogP contribution in [0.15, 0.2) is 6.20 Å². The summed E-state index contributed by atoms with van der Waals surface area (Å²) in [6, 6.07) is 0. The minimum atomic E-state index is 0.235. The van der Waals surface area contributed by atoms with Crippen molar-refractivity contribution in [2.45, 2.75) is 19.9 Å². The normalized spacial score (nSPS) is 10.0. The van der Waals surface area contributed by atoms with E-state index in [1.165, 1.54) is 4.68 Å². The number of aryl methyl sites for hydroxylation is 1. The molecule has 1 rings (SSSR count). The predicted molar refractivity (Wildman–Crippen MR) is 42.7 cm³/mol. The highest BCUT2D eigenvalue weighted by Crippen LogP contribution is 2.14. The summed E-state index contributed by atoms with van der Waals surface area (Å²) in [6.45, 7) is 2.23. The number of aldehydes is 1. The first-order valence-corrected chi connectivity index (χ1v) is 3.81. The quantitative estimate of drug-likeness (QED) is 0.645. The first kappa shape index (κ1) is 8.27. The summed E-state index contributed by atoms with van der Waals surface area (Å²) in [5, 5.41) is 4.50. The van der Waals surface area contributed by atoms with Crippen molar-refractivity contribution in [1.29, 1.82) is 0 Å². The van der Waals surface area contributed by atoms with Crippen LogP contribution in [-0.2, 0) is 17.8 Å². The number of carbonyl (C=O) groups is 1. The van der Waals surface area contributed by atoms with Gasteiger partial charge in [-0.2, -0.15) is 5.10 Å². The van der Waals surface area contributed by atoms with Gasteiger partial charge in [0.15, 0.2) is 0 Å². The average Bonchev–Trinajstić information content (AvgIpc) is 2.34. The van der Waals surface area contributed by atoms with E-state index in [2.05, 4.69) is 5.10 Å². The third-order valence-corrected chi connectivity index (χ3v) is 1.91. The zero-order valence-electron chi connectivity index (χ0n) is 6.25. The monoisotopic (exact) mass is 172 g/mol. The number of hydrogen-bond acceptors (Lipinski definition) is 2. The topological polar surface area (TPSA) is 34.9 Å². The standard InChI is InChI=1S/C7H9ClN2O/c1-2-6-5-9-10(3-4-11)7(6)8/h4-5H,2-3H2,1H3. The van der Waals surface area contributed by atoms with Crippen LogP contribution in [0, 0.1) is 0 Å².